The standard InChI is InChI=1S/C18H34N2/c1-4-7-20(17-9-13(2)8-14(3)10-17)18-11-15-5-6-16(12-18)19-15/h13-19H,4-12H2,1-3H3. The van der Waals surface area contributed by atoms with Crippen LogP contribution in [-0.4, -0.2) is 35.6 Å². The molecule has 0 aromatic carbocycles. The van der Waals surface area contributed by atoms with E-state index >= 15 is 0 Å². The molecule has 2 bridgehead atoms. The Bertz CT molecular complexity index is 293. The fourth-order valence-corrected chi connectivity index (χ4v) is 5.39. The maximum atomic E-state index is 3.81. The fourth-order valence-electron chi connectivity index (χ4n) is 5.39. The highest BCUT2D eigenvalue weighted by atomic mass is 15.2. The Labute approximate surface area is 125 Å². The number of nitrogens with zero attached hydrogens (tertiary/aromatic N) is 1. The van der Waals surface area contributed by atoms with Crippen molar-refractivity contribution in [3.63, 3.8) is 0 Å². The summed E-state index contributed by atoms with van der Waals surface area (Å²) in [5, 5.41) is 3.81. The van der Waals surface area contributed by atoms with Crippen LogP contribution in [0.1, 0.15) is 72.1 Å². The van der Waals surface area contributed by atoms with E-state index in [0.717, 1.165) is 36.0 Å². The zero-order chi connectivity index (χ0) is 14.1. The first kappa shape index (κ1) is 14.8. The highest BCUT2D eigenvalue weighted by Gasteiger charge is 2.39. The molecule has 2 heteroatoms. The lowest BCUT2D eigenvalue weighted by atomic mass is 9.79. The van der Waals surface area contributed by atoms with Gasteiger partial charge in [-0.25, -0.2) is 0 Å². The molecule has 1 aliphatic carbocycles. The van der Waals surface area contributed by atoms with Crippen LogP contribution in [0.4, 0.5) is 0 Å². The van der Waals surface area contributed by atoms with Crippen LogP contribution in [0.25, 0.3) is 0 Å². The van der Waals surface area contributed by atoms with Gasteiger partial charge >= 0.3 is 0 Å². The number of rotatable bonds is 4. The van der Waals surface area contributed by atoms with E-state index in [1.807, 2.05) is 0 Å². The van der Waals surface area contributed by atoms with E-state index in [0.29, 0.717) is 0 Å². The van der Waals surface area contributed by atoms with Crippen molar-refractivity contribution in [2.75, 3.05) is 6.54 Å². The van der Waals surface area contributed by atoms with Crippen molar-refractivity contribution in [2.24, 2.45) is 11.8 Å². The van der Waals surface area contributed by atoms with Gasteiger partial charge in [-0.05, 0) is 69.7 Å². The summed E-state index contributed by atoms with van der Waals surface area (Å²) in [5.74, 6) is 1.86. The topological polar surface area (TPSA) is 15.3 Å². The van der Waals surface area contributed by atoms with Crippen LogP contribution in [0.5, 0.6) is 0 Å². The monoisotopic (exact) mass is 278 g/mol. The molecule has 116 valence electrons. The maximum Gasteiger partial charge on any atom is 0.0128 e. The Morgan fingerprint density at radius 3 is 1.95 bits per heavy atom. The third-order valence-corrected chi connectivity index (χ3v) is 6.02. The Morgan fingerprint density at radius 1 is 0.850 bits per heavy atom. The summed E-state index contributed by atoms with van der Waals surface area (Å²) < 4.78 is 0. The van der Waals surface area contributed by atoms with Gasteiger partial charge in [0.1, 0.15) is 0 Å². The minimum atomic E-state index is 0.830. The van der Waals surface area contributed by atoms with E-state index in [1.165, 1.54) is 57.9 Å². The molecule has 1 saturated carbocycles. The van der Waals surface area contributed by atoms with Crippen LogP contribution < -0.4 is 5.32 Å². The zero-order valence-corrected chi connectivity index (χ0v) is 13.8. The van der Waals surface area contributed by atoms with E-state index in [9.17, 15) is 0 Å². The van der Waals surface area contributed by atoms with Gasteiger partial charge in [-0.3, -0.25) is 4.90 Å². The molecular weight excluding hydrogens is 244 g/mol. The minimum absolute atomic E-state index is 0.830. The fraction of sp³-hybridized carbons (Fsp3) is 1.00. The summed E-state index contributed by atoms with van der Waals surface area (Å²) in [6, 6.07) is 3.40. The highest BCUT2D eigenvalue weighted by Crippen LogP contribution is 2.36. The van der Waals surface area contributed by atoms with Gasteiger partial charge in [0.25, 0.3) is 0 Å². The van der Waals surface area contributed by atoms with Gasteiger partial charge in [0, 0.05) is 24.2 Å². The molecule has 0 spiro atoms. The number of fused-ring (bicyclic) bond motifs is 2. The van der Waals surface area contributed by atoms with Gasteiger partial charge in [0.15, 0.2) is 0 Å². The van der Waals surface area contributed by atoms with E-state index in [-0.39, 0.29) is 0 Å². The smallest absolute Gasteiger partial charge is 0.0128 e. The van der Waals surface area contributed by atoms with Crippen molar-refractivity contribution in [3.05, 3.63) is 0 Å². The molecule has 4 atom stereocenters. The van der Waals surface area contributed by atoms with Gasteiger partial charge in [0.2, 0.25) is 0 Å². The van der Waals surface area contributed by atoms with Crippen molar-refractivity contribution < 1.29 is 0 Å². The zero-order valence-electron chi connectivity index (χ0n) is 13.8. The van der Waals surface area contributed by atoms with E-state index in [2.05, 4.69) is 31.0 Å². The largest absolute Gasteiger partial charge is 0.311 e. The first-order valence-corrected chi connectivity index (χ1v) is 9.17. The molecule has 0 aromatic rings. The first-order chi connectivity index (χ1) is 9.65. The van der Waals surface area contributed by atoms with Gasteiger partial charge < -0.3 is 5.32 Å². The third kappa shape index (κ3) is 3.22. The minimum Gasteiger partial charge on any atom is -0.311 e. The highest BCUT2D eigenvalue weighted by molar-refractivity contribution is 4.97. The van der Waals surface area contributed by atoms with Crippen molar-refractivity contribution in [1.82, 2.24) is 10.2 Å². The van der Waals surface area contributed by atoms with Gasteiger partial charge in [-0.15, -0.1) is 0 Å². The van der Waals surface area contributed by atoms with Gasteiger partial charge in [-0.1, -0.05) is 20.8 Å². The Kier molecular flexibility index (Phi) is 4.72. The van der Waals surface area contributed by atoms with E-state index in [1.54, 1.807) is 0 Å². The summed E-state index contributed by atoms with van der Waals surface area (Å²) in [5.41, 5.74) is 0. The molecule has 1 N–H and O–H groups in total. The molecule has 0 aromatic heterocycles. The second kappa shape index (κ2) is 6.36. The number of piperidine rings is 1. The Hall–Kier alpha value is -0.0800. The van der Waals surface area contributed by atoms with Crippen LogP contribution in [-0.2, 0) is 0 Å². The average molecular weight is 278 g/mol. The van der Waals surface area contributed by atoms with E-state index < -0.39 is 0 Å². The summed E-state index contributed by atoms with van der Waals surface area (Å²) in [6.45, 7) is 8.63. The average Bonchev–Trinajstić information content (AvgIpc) is 2.73. The van der Waals surface area contributed by atoms with Crippen molar-refractivity contribution >= 4 is 0 Å². The van der Waals surface area contributed by atoms with Crippen LogP contribution in [0.15, 0.2) is 0 Å². The number of hydrogen-bond donors (Lipinski definition) is 1. The molecule has 2 saturated heterocycles. The predicted molar refractivity (Wildman–Crippen MR) is 85.9 cm³/mol. The normalized spacial score (nSPS) is 45.0. The molecule has 2 heterocycles. The molecule has 0 amide bonds. The van der Waals surface area contributed by atoms with Crippen LogP contribution in [0, 0.1) is 11.8 Å². The van der Waals surface area contributed by atoms with Crippen LogP contribution in [0.3, 0.4) is 0 Å². The SMILES string of the molecule is CCCN(C1CC(C)CC(C)C1)C1CC2CCC(C1)N2. The molecule has 3 rings (SSSR count). The third-order valence-electron chi connectivity index (χ3n) is 6.02. The second-order valence-electron chi connectivity index (χ2n) is 8.07. The van der Waals surface area contributed by atoms with Crippen LogP contribution >= 0.6 is 0 Å². The lowest BCUT2D eigenvalue weighted by Crippen LogP contribution is -2.53. The molecule has 2 nitrogen and oxygen atoms in total. The molecule has 20 heavy (non-hydrogen) atoms. The predicted octanol–water partition coefficient (Wildman–Crippen LogP) is 3.81. The summed E-state index contributed by atoms with van der Waals surface area (Å²) >= 11 is 0. The lowest BCUT2D eigenvalue weighted by molar-refractivity contribution is 0.0481. The van der Waals surface area contributed by atoms with Crippen molar-refractivity contribution in [3.8, 4) is 0 Å². The van der Waals surface area contributed by atoms with Crippen LogP contribution in [0.2, 0.25) is 0 Å². The van der Waals surface area contributed by atoms with E-state index in [4.69, 9.17) is 0 Å². The molecule has 0 radical (unpaired) electrons. The molecule has 2 aliphatic heterocycles. The van der Waals surface area contributed by atoms with Crippen molar-refractivity contribution in [2.45, 2.75) is 96.3 Å². The summed E-state index contributed by atoms with van der Waals surface area (Å²) in [7, 11) is 0. The molecule has 4 unspecified atom stereocenters. The van der Waals surface area contributed by atoms with Crippen molar-refractivity contribution in [1.29, 1.82) is 0 Å². The first-order valence-electron chi connectivity index (χ1n) is 9.17. The number of hydrogen-bond acceptors (Lipinski definition) is 2. The molecule has 3 aliphatic rings. The lowest BCUT2D eigenvalue weighted by Gasteiger charge is -2.46. The Morgan fingerprint density at radius 2 is 1.40 bits per heavy atom. The summed E-state index contributed by atoms with van der Waals surface area (Å²) in [6.07, 6.45) is 11.3. The molecule has 3 fully saturated rings. The molecular formula is C18H34N2. The Balaban J connectivity index is 1.68. The maximum absolute atomic E-state index is 3.81. The summed E-state index contributed by atoms with van der Waals surface area (Å²) in [4.78, 5) is 2.94. The number of nitrogens with one attached hydrogen (secondary N) is 1. The van der Waals surface area contributed by atoms with Gasteiger partial charge in [0.05, 0.1) is 0 Å². The van der Waals surface area contributed by atoms with Gasteiger partial charge in [-0.2, -0.15) is 0 Å². The second-order valence-corrected chi connectivity index (χ2v) is 8.07. The quantitative estimate of drug-likeness (QED) is 0.841.